The highest BCUT2D eigenvalue weighted by molar-refractivity contribution is 5.79. The van der Waals surface area contributed by atoms with Gasteiger partial charge in [0, 0.05) is 18.6 Å². The highest BCUT2D eigenvalue weighted by atomic mass is 16.2. The van der Waals surface area contributed by atoms with E-state index in [1.807, 2.05) is 4.90 Å². The highest BCUT2D eigenvalue weighted by Gasteiger charge is 2.37. The van der Waals surface area contributed by atoms with Crippen LogP contribution in [-0.4, -0.2) is 36.0 Å². The van der Waals surface area contributed by atoms with Crippen LogP contribution in [-0.2, 0) is 4.79 Å². The summed E-state index contributed by atoms with van der Waals surface area (Å²) in [6.07, 6.45) is 6.27. The number of hydrogen-bond acceptors (Lipinski definition) is 2. The molecule has 2 aliphatic carbocycles. The third kappa shape index (κ3) is 2.97. The number of amides is 1. The van der Waals surface area contributed by atoms with Gasteiger partial charge in [-0.2, -0.15) is 0 Å². The number of nitrogens with one attached hydrogen (secondary N) is 1. The second-order valence-electron chi connectivity index (χ2n) is 5.18. The molecule has 3 heteroatoms. The molecule has 0 bridgehead atoms. The van der Waals surface area contributed by atoms with Crippen LogP contribution >= 0.6 is 0 Å². The Labute approximate surface area is 98.6 Å². The summed E-state index contributed by atoms with van der Waals surface area (Å²) < 4.78 is 0. The van der Waals surface area contributed by atoms with Crippen molar-refractivity contribution >= 4 is 5.91 Å². The molecule has 0 aromatic carbocycles. The molecule has 16 heavy (non-hydrogen) atoms. The van der Waals surface area contributed by atoms with Crippen molar-refractivity contribution in [1.29, 1.82) is 0 Å². The predicted molar refractivity (Wildman–Crippen MR) is 65.2 cm³/mol. The quantitative estimate of drug-likeness (QED) is 0.715. The lowest BCUT2D eigenvalue weighted by Crippen LogP contribution is -2.40. The molecule has 0 radical (unpaired) electrons. The van der Waals surface area contributed by atoms with Crippen molar-refractivity contribution in [2.45, 2.75) is 58.0 Å². The zero-order valence-electron chi connectivity index (χ0n) is 10.5. The van der Waals surface area contributed by atoms with Gasteiger partial charge in [-0.15, -0.1) is 0 Å². The zero-order valence-corrected chi connectivity index (χ0v) is 10.5. The van der Waals surface area contributed by atoms with Gasteiger partial charge in [0.1, 0.15) is 0 Å². The summed E-state index contributed by atoms with van der Waals surface area (Å²) in [5.41, 5.74) is 0. The van der Waals surface area contributed by atoms with E-state index in [1.165, 1.54) is 32.1 Å². The fraction of sp³-hybridized carbons (Fsp3) is 0.923. The average molecular weight is 224 g/mol. The molecular weight excluding hydrogens is 200 g/mol. The van der Waals surface area contributed by atoms with Crippen molar-refractivity contribution in [3.63, 3.8) is 0 Å². The molecule has 2 rings (SSSR count). The summed E-state index contributed by atoms with van der Waals surface area (Å²) in [5, 5.41) is 3.40. The van der Waals surface area contributed by atoms with Crippen LogP contribution < -0.4 is 5.32 Å². The molecule has 2 saturated carbocycles. The van der Waals surface area contributed by atoms with Gasteiger partial charge in [0.2, 0.25) is 5.91 Å². The topological polar surface area (TPSA) is 32.3 Å². The van der Waals surface area contributed by atoms with Crippen molar-refractivity contribution in [3.05, 3.63) is 0 Å². The molecule has 0 spiro atoms. The maximum absolute atomic E-state index is 11.9. The van der Waals surface area contributed by atoms with Gasteiger partial charge in [-0.05, 0) is 38.5 Å². The van der Waals surface area contributed by atoms with E-state index in [4.69, 9.17) is 0 Å². The maximum Gasteiger partial charge on any atom is 0.236 e. The van der Waals surface area contributed by atoms with Gasteiger partial charge in [0.05, 0.1) is 6.54 Å². The normalized spacial score (nSPS) is 27.9. The van der Waals surface area contributed by atoms with E-state index >= 15 is 0 Å². The van der Waals surface area contributed by atoms with Gasteiger partial charge < -0.3 is 10.2 Å². The lowest BCUT2D eigenvalue weighted by molar-refractivity contribution is -0.130. The Morgan fingerprint density at radius 1 is 1.38 bits per heavy atom. The third-order valence-electron chi connectivity index (χ3n) is 3.75. The van der Waals surface area contributed by atoms with Gasteiger partial charge >= 0.3 is 0 Å². The number of hydrogen-bond donors (Lipinski definition) is 1. The molecule has 0 aromatic rings. The van der Waals surface area contributed by atoms with E-state index < -0.39 is 0 Å². The Morgan fingerprint density at radius 2 is 2.12 bits per heavy atom. The molecule has 2 aliphatic rings. The molecule has 1 amide bonds. The lowest BCUT2D eigenvalue weighted by Gasteiger charge is -2.20. The van der Waals surface area contributed by atoms with Crippen molar-refractivity contribution in [2.75, 3.05) is 13.1 Å². The monoisotopic (exact) mass is 224 g/mol. The fourth-order valence-electron chi connectivity index (χ4n) is 2.53. The summed E-state index contributed by atoms with van der Waals surface area (Å²) in [7, 11) is 0. The summed E-state index contributed by atoms with van der Waals surface area (Å²) in [5.74, 6) is 1.14. The standard InChI is InChI=1S/C13H24N2O/c1-3-5-10-8-12(10)14-9-13(16)15(4-2)11-6-7-11/h10-12,14H,3-9H2,1-2H3. The summed E-state index contributed by atoms with van der Waals surface area (Å²) in [6.45, 7) is 5.73. The predicted octanol–water partition coefficient (Wildman–Crippen LogP) is 1.78. The number of carbonyl (C=O) groups is 1. The van der Waals surface area contributed by atoms with Crippen LogP contribution in [0.1, 0.15) is 46.0 Å². The first-order chi connectivity index (χ1) is 7.76. The molecule has 2 unspecified atom stereocenters. The summed E-state index contributed by atoms with van der Waals surface area (Å²) in [4.78, 5) is 13.9. The van der Waals surface area contributed by atoms with Crippen LogP contribution in [0.3, 0.4) is 0 Å². The van der Waals surface area contributed by atoms with Crippen LogP contribution in [0.15, 0.2) is 0 Å². The number of carbonyl (C=O) groups excluding carboxylic acids is 1. The fourth-order valence-corrected chi connectivity index (χ4v) is 2.53. The first-order valence-electron chi connectivity index (χ1n) is 6.79. The molecule has 92 valence electrons. The lowest BCUT2D eigenvalue weighted by atomic mass is 10.2. The van der Waals surface area contributed by atoms with Crippen LogP contribution in [0, 0.1) is 5.92 Å². The Bertz CT molecular complexity index is 250. The van der Waals surface area contributed by atoms with Gasteiger partial charge in [-0.1, -0.05) is 13.3 Å². The average Bonchev–Trinajstić information content (AvgIpc) is 3.12. The molecule has 0 heterocycles. The van der Waals surface area contributed by atoms with E-state index in [2.05, 4.69) is 19.2 Å². The number of rotatable bonds is 7. The van der Waals surface area contributed by atoms with Crippen molar-refractivity contribution in [2.24, 2.45) is 5.92 Å². The van der Waals surface area contributed by atoms with Crippen molar-refractivity contribution in [3.8, 4) is 0 Å². The van der Waals surface area contributed by atoms with E-state index in [1.54, 1.807) is 0 Å². The van der Waals surface area contributed by atoms with Crippen LogP contribution in [0.4, 0.5) is 0 Å². The molecular formula is C13H24N2O. The molecule has 2 atom stereocenters. The van der Waals surface area contributed by atoms with Gasteiger partial charge in [-0.3, -0.25) is 4.79 Å². The second-order valence-corrected chi connectivity index (χ2v) is 5.18. The summed E-state index contributed by atoms with van der Waals surface area (Å²) in [6, 6.07) is 1.19. The van der Waals surface area contributed by atoms with E-state index in [0.717, 1.165) is 12.5 Å². The number of likely N-dealkylation sites (N-methyl/N-ethyl adjacent to an activating group) is 1. The van der Waals surface area contributed by atoms with Crippen LogP contribution in [0.25, 0.3) is 0 Å². The van der Waals surface area contributed by atoms with E-state index in [9.17, 15) is 4.79 Å². The smallest absolute Gasteiger partial charge is 0.236 e. The Morgan fingerprint density at radius 3 is 2.69 bits per heavy atom. The summed E-state index contributed by atoms with van der Waals surface area (Å²) >= 11 is 0. The zero-order chi connectivity index (χ0) is 11.5. The molecule has 2 fully saturated rings. The minimum atomic E-state index is 0.298. The van der Waals surface area contributed by atoms with Crippen molar-refractivity contribution in [1.82, 2.24) is 10.2 Å². The van der Waals surface area contributed by atoms with Crippen LogP contribution in [0.5, 0.6) is 0 Å². The van der Waals surface area contributed by atoms with E-state index in [0.29, 0.717) is 24.5 Å². The minimum absolute atomic E-state index is 0.298. The molecule has 3 nitrogen and oxygen atoms in total. The molecule has 0 saturated heterocycles. The van der Waals surface area contributed by atoms with Gasteiger partial charge in [-0.25, -0.2) is 0 Å². The Hall–Kier alpha value is -0.570. The Balaban J connectivity index is 1.64. The van der Waals surface area contributed by atoms with Crippen molar-refractivity contribution < 1.29 is 4.79 Å². The highest BCUT2D eigenvalue weighted by Crippen LogP contribution is 2.34. The first-order valence-corrected chi connectivity index (χ1v) is 6.79. The molecule has 0 aromatic heterocycles. The van der Waals surface area contributed by atoms with Gasteiger partial charge in [0.15, 0.2) is 0 Å². The largest absolute Gasteiger partial charge is 0.339 e. The molecule has 1 N–H and O–H groups in total. The van der Waals surface area contributed by atoms with Crippen LogP contribution in [0.2, 0.25) is 0 Å². The molecule has 0 aliphatic heterocycles. The minimum Gasteiger partial charge on any atom is -0.339 e. The first kappa shape index (κ1) is 11.9. The number of nitrogens with zero attached hydrogens (tertiary/aromatic N) is 1. The third-order valence-corrected chi connectivity index (χ3v) is 3.75. The SMILES string of the molecule is CCCC1CC1NCC(=O)N(CC)C1CC1. The van der Waals surface area contributed by atoms with Gasteiger partial charge in [0.25, 0.3) is 0 Å². The second kappa shape index (κ2) is 5.17. The maximum atomic E-state index is 11.9. The Kier molecular flexibility index (Phi) is 3.85. The van der Waals surface area contributed by atoms with E-state index in [-0.39, 0.29) is 0 Å².